The van der Waals surface area contributed by atoms with Gasteiger partial charge in [0, 0.05) is 66.4 Å². The van der Waals surface area contributed by atoms with Crippen LogP contribution in [0.3, 0.4) is 0 Å². The first-order valence-corrected chi connectivity index (χ1v) is 37.3. The highest BCUT2D eigenvalue weighted by Crippen LogP contribution is 2.55. The van der Waals surface area contributed by atoms with Gasteiger partial charge in [0.05, 0.1) is 45.2 Å². The molecule has 20 atom stereocenters. The molecule has 0 saturated carbocycles. The second kappa shape index (κ2) is 29.7. The maximum absolute atomic E-state index is 14.2. The first kappa shape index (κ1) is 74.5. The van der Waals surface area contributed by atoms with Crippen LogP contribution >= 0.6 is 39.5 Å². The van der Waals surface area contributed by atoms with Gasteiger partial charge >= 0.3 is 56.6 Å². The van der Waals surface area contributed by atoms with Crippen LogP contribution in [0.1, 0.15) is 74.4 Å². The zero-order valence-electron chi connectivity index (χ0n) is 52.5. The number of fused-ring (bicyclic) bond motifs is 2. The van der Waals surface area contributed by atoms with Crippen LogP contribution in [0, 0.1) is 13.8 Å². The molecular weight excluding hydrogens is 1480 g/mol. The number of hydrogen-bond donors (Lipinski definition) is 12. The maximum Gasteiger partial charge on any atom is 0.694 e. The van der Waals surface area contributed by atoms with Crippen LogP contribution in [0.25, 0.3) is 22.3 Å². The molecule has 0 spiro atoms. The van der Waals surface area contributed by atoms with Crippen LogP contribution in [0.4, 0.5) is 17.6 Å². The Labute approximate surface area is 567 Å². The summed E-state index contributed by atoms with van der Waals surface area (Å²) in [5.74, 6) is -0.468. The number of rotatable bonds is 28. The number of aromatic nitrogens is 14. The second-order valence-electron chi connectivity index (χ2n) is 23.4. The average Bonchev–Trinajstić information content (AvgIpc) is 1.64. The van der Waals surface area contributed by atoms with Gasteiger partial charge in [-0.2, -0.15) is 9.97 Å². The zero-order chi connectivity index (χ0) is 73.1. The van der Waals surface area contributed by atoms with E-state index in [1.807, 2.05) is 0 Å². The molecule has 554 valence electrons. The molecule has 0 bridgehead atoms. The molecule has 0 aromatic carbocycles. The van der Waals surface area contributed by atoms with E-state index in [9.17, 15) is 81.2 Å². The number of nitrogens with one attached hydrogen (secondary N) is 3. The van der Waals surface area contributed by atoms with Crippen molar-refractivity contribution in [3.63, 3.8) is 0 Å². The maximum atomic E-state index is 14.2. The van der Waals surface area contributed by atoms with E-state index in [2.05, 4.69) is 44.9 Å². The van der Waals surface area contributed by atoms with Crippen LogP contribution in [0.15, 0.2) is 72.4 Å². The predicted molar refractivity (Wildman–Crippen MR) is 334 cm³/mol. The Morgan fingerprint density at radius 2 is 0.941 bits per heavy atom. The van der Waals surface area contributed by atoms with Crippen molar-refractivity contribution in [3.8, 4) is 0 Å². The van der Waals surface area contributed by atoms with Gasteiger partial charge in [-0.3, -0.25) is 88.4 Å². The summed E-state index contributed by atoms with van der Waals surface area (Å²) >= 11 is 0. The number of H-pyrrole nitrogens is 3. The number of nitrogens with zero attached hydrogens (tertiary/aromatic N) is 11. The third kappa shape index (κ3) is 16.9. The van der Waals surface area contributed by atoms with Gasteiger partial charge < -0.3 is 65.6 Å². The minimum Gasteiger partial charge on any atom is -0.390 e. The van der Waals surface area contributed by atoms with E-state index in [-0.39, 0.29) is 57.5 Å². The van der Waals surface area contributed by atoms with Gasteiger partial charge in [0.2, 0.25) is 5.95 Å². The second-order valence-corrected chi connectivity index (χ2v) is 29.8. The van der Waals surface area contributed by atoms with Crippen molar-refractivity contribution in [3.05, 3.63) is 117 Å². The van der Waals surface area contributed by atoms with Crippen LogP contribution in [-0.2, 0) is 87.2 Å². The SMILES string of the molecule is Cc1cn([C@H]2C[C@H](OP(=O)(O)OC[C@H]3O[C@@H](n4cnc5c(=O)[nH]c(N)nc54)C[C@@H]3OP(=O)(O)OC[C@H]3O[C@@H](n4cc(C)c(=O)[nH]c4=O)C[C@@H]3OP(=O)(O)OC[C@H]3O[C@@H](n4cnc5c(N)ncnc54)C[C@@H]3O)[C@@H](COP(=O)(O)O[C@H]3C[C@H](n4ccc(N)nc4=O)O[C@@H]3CO[P+](=O)O)O2)c(=O)[nH]c1=O. The highest BCUT2D eigenvalue weighted by Gasteiger charge is 2.50. The number of aromatic amines is 3. The van der Waals surface area contributed by atoms with E-state index in [4.69, 9.17) is 81.6 Å². The lowest BCUT2D eigenvalue weighted by atomic mass is 10.2. The number of aliphatic hydroxyl groups excluding tert-OH is 1. The first-order chi connectivity index (χ1) is 48.1. The zero-order valence-corrected chi connectivity index (χ0v) is 57.0. The fourth-order valence-corrected chi connectivity index (χ4v) is 15.8. The minimum atomic E-state index is -5.58. The van der Waals surface area contributed by atoms with Crippen LogP contribution in [0.5, 0.6) is 0 Å². The average molecular weight is 1540 g/mol. The van der Waals surface area contributed by atoms with E-state index in [1.165, 1.54) is 43.3 Å². The molecule has 0 aliphatic carbocycles. The largest absolute Gasteiger partial charge is 0.694 e. The molecule has 102 heavy (non-hydrogen) atoms. The number of phosphoric ester groups is 4. The summed E-state index contributed by atoms with van der Waals surface area (Å²) in [6, 6.07) is 1.24. The highest BCUT2D eigenvalue weighted by atomic mass is 31.2. The van der Waals surface area contributed by atoms with Crippen molar-refractivity contribution in [1.82, 2.24) is 67.7 Å². The number of phosphoric acid groups is 4. The monoisotopic (exact) mass is 1540 g/mol. The number of aliphatic hydroxyl groups is 1. The molecule has 12 rings (SSSR count). The van der Waals surface area contributed by atoms with Crippen LogP contribution in [-0.4, -0.2) is 191 Å². The summed E-state index contributed by atoms with van der Waals surface area (Å²) in [4.78, 5) is 162. The molecule has 5 aliphatic rings. The Kier molecular flexibility index (Phi) is 21.7. The van der Waals surface area contributed by atoms with Crippen molar-refractivity contribution < 1.29 is 117 Å². The molecule has 7 aromatic heterocycles. The van der Waals surface area contributed by atoms with Crippen LogP contribution < -0.4 is 50.9 Å². The summed E-state index contributed by atoms with van der Waals surface area (Å²) in [5, 5.41) is 10.9. The Bertz CT molecular complexity index is 4910. The number of ether oxygens (including phenoxy) is 5. The molecule has 5 fully saturated rings. The molecule has 7 aromatic rings. The first-order valence-electron chi connectivity index (χ1n) is 30.2. The van der Waals surface area contributed by atoms with Crippen molar-refractivity contribution in [2.24, 2.45) is 0 Å². The number of hydrogen-bond acceptors (Lipinski definition) is 35. The summed E-state index contributed by atoms with van der Waals surface area (Å²) in [7, 11) is -25.1. The fraction of sp³-hybridized carbons (Fsp3) is 0.551. The molecule has 5 saturated heterocycles. The molecule has 12 heterocycles. The lowest BCUT2D eigenvalue weighted by molar-refractivity contribution is -0.0640. The van der Waals surface area contributed by atoms with Gasteiger partial charge in [-0.15, -0.1) is 9.42 Å². The van der Waals surface area contributed by atoms with Crippen molar-refractivity contribution in [2.45, 2.75) is 138 Å². The molecule has 0 radical (unpaired) electrons. The number of nitrogen functional groups attached to an aromatic ring is 3. The number of nitrogens with two attached hydrogens (primary N) is 3. The predicted octanol–water partition coefficient (Wildman–Crippen LogP) is -1.85. The lowest BCUT2D eigenvalue weighted by Crippen LogP contribution is -2.33. The van der Waals surface area contributed by atoms with Gasteiger partial charge in [0.1, 0.15) is 110 Å². The number of aryl methyl sites for hydroxylation is 2. The molecule has 0 amide bonds. The van der Waals surface area contributed by atoms with E-state index in [0.717, 1.165) is 37.0 Å². The summed E-state index contributed by atoms with van der Waals surface area (Å²) in [6.45, 7) is -2.05. The number of imidazole rings is 2. The van der Waals surface area contributed by atoms with Gasteiger partial charge in [-0.25, -0.2) is 52.6 Å². The topological polar surface area (TPSA) is 666 Å². The lowest BCUT2D eigenvalue weighted by Gasteiger charge is -2.25. The molecule has 15 N–H and O–H groups in total. The molecule has 48 nitrogen and oxygen atoms in total. The standard InChI is InChI=1S/C49H62N17O31P5/c1-20-10-63(48(72)60-43(20)68)35-7-24(95-99(76,77)85-13-27-22(67)5-33(89-27)65-18-55-38-40(51)53-17-54-41(38)65)29(91-35)15-87-102(82,83)97-26-9-37(66-19-56-39-42(66)58-46(52)59-45(39)70)93-31(26)16-88-101(80,81)96-25-8-36(64-11-21(2)44(69)61-49(64)73)92-30(25)14-86-100(78,79)94-23-6-34(90-28(23)12-84-98(74)75)62-4-3-32(50)57-47(62)71/h3-4,10-11,17-19,22-31,33-37,67H,5-9,12-16H2,1-2H3,(H13-,50,51,52,53,54,57,58,59,60,61,68,69,70,71,72,73,74,75,76,77,78,79,80,81,82,83)/p+1/t22-,23-,24-,25-,26-,27+,28+,29+,30+,31+,33+,34+,35+,36+,37+/m0/s1. The highest BCUT2D eigenvalue weighted by molar-refractivity contribution is 7.48. The van der Waals surface area contributed by atoms with Gasteiger partial charge in [-0.1, -0.05) is 0 Å². The minimum absolute atomic E-state index is 0.0140. The molecule has 5 unspecified atom stereocenters. The van der Waals surface area contributed by atoms with Crippen molar-refractivity contribution in [1.29, 1.82) is 0 Å². The fourth-order valence-electron chi connectivity index (χ4n) is 11.7. The van der Waals surface area contributed by atoms with E-state index in [1.54, 1.807) is 0 Å². The summed E-state index contributed by atoms with van der Waals surface area (Å²) in [6.07, 6.45) is -17.5. The molecule has 53 heteroatoms. The van der Waals surface area contributed by atoms with Crippen LogP contribution in [0.2, 0.25) is 0 Å². The Hall–Kier alpha value is -7.24. The quantitative estimate of drug-likeness (QED) is 0.0240. The molecular formula is C49H63N17O31P5+. The van der Waals surface area contributed by atoms with Crippen molar-refractivity contribution >= 4 is 79.5 Å². The van der Waals surface area contributed by atoms with E-state index in [0.29, 0.717) is 0 Å². The summed E-state index contributed by atoms with van der Waals surface area (Å²) < 4.78 is 151. The van der Waals surface area contributed by atoms with Crippen molar-refractivity contribution in [2.75, 3.05) is 50.2 Å². The van der Waals surface area contributed by atoms with Gasteiger partial charge in [0.15, 0.2) is 22.6 Å². The van der Waals surface area contributed by atoms with E-state index < -0.39 is 224 Å². The van der Waals surface area contributed by atoms with Gasteiger partial charge in [-0.05, 0) is 19.9 Å². The third-order valence-corrected chi connectivity index (χ3v) is 20.9. The number of anilines is 3. The summed E-state index contributed by atoms with van der Waals surface area (Å²) in [5.41, 5.74) is 12.1. The molecule has 5 aliphatic heterocycles. The Morgan fingerprint density at radius 1 is 0.529 bits per heavy atom. The van der Waals surface area contributed by atoms with E-state index >= 15 is 0 Å². The van der Waals surface area contributed by atoms with Gasteiger partial charge in [0.25, 0.3) is 16.7 Å². The Balaban J connectivity index is 0.747. The smallest absolute Gasteiger partial charge is 0.390 e. The Morgan fingerprint density at radius 3 is 1.41 bits per heavy atom. The third-order valence-electron chi connectivity index (χ3n) is 16.5. The normalized spacial score (nSPS) is 29.3.